The molecule has 1 heterocycles. The summed E-state index contributed by atoms with van der Waals surface area (Å²) in [5.74, 6) is 0.493. The molecule has 3 rings (SSSR count). The number of carbonyl (C=O) groups is 1. The number of benzene rings is 2. The van der Waals surface area contributed by atoms with Crippen LogP contribution in [0.3, 0.4) is 0 Å². The third-order valence-corrected chi connectivity index (χ3v) is 3.93. The molecule has 0 saturated heterocycles. The zero-order chi connectivity index (χ0) is 16.9. The molecule has 0 fully saturated rings. The van der Waals surface area contributed by atoms with Crippen LogP contribution in [-0.2, 0) is 16.1 Å². The SMILES string of the molecule is COC(=O)Cn1c(-c2ccccc2)ccc1-c1cccc(OC)c1. The maximum absolute atomic E-state index is 11.9. The van der Waals surface area contributed by atoms with Gasteiger partial charge in [-0.3, -0.25) is 4.79 Å². The van der Waals surface area contributed by atoms with Gasteiger partial charge in [-0.2, -0.15) is 0 Å². The van der Waals surface area contributed by atoms with Crippen LogP contribution in [0.4, 0.5) is 0 Å². The summed E-state index contributed by atoms with van der Waals surface area (Å²) in [4.78, 5) is 11.9. The van der Waals surface area contributed by atoms with E-state index in [1.54, 1.807) is 7.11 Å². The molecule has 122 valence electrons. The number of aromatic nitrogens is 1. The van der Waals surface area contributed by atoms with Gasteiger partial charge in [-0.1, -0.05) is 42.5 Å². The van der Waals surface area contributed by atoms with Crippen molar-refractivity contribution in [1.29, 1.82) is 0 Å². The van der Waals surface area contributed by atoms with Gasteiger partial charge in [0.05, 0.1) is 14.2 Å². The number of esters is 1. The second-order valence-electron chi connectivity index (χ2n) is 5.36. The summed E-state index contributed by atoms with van der Waals surface area (Å²) < 4.78 is 12.1. The first-order valence-corrected chi connectivity index (χ1v) is 7.69. The Bertz CT molecular complexity index is 837. The first-order chi connectivity index (χ1) is 11.7. The normalized spacial score (nSPS) is 10.4. The second-order valence-corrected chi connectivity index (χ2v) is 5.36. The Hall–Kier alpha value is -3.01. The summed E-state index contributed by atoms with van der Waals surface area (Å²) in [6.07, 6.45) is 0. The Labute approximate surface area is 141 Å². The first-order valence-electron chi connectivity index (χ1n) is 7.69. The van der Waals surface area contributed by atoms with Crippen LogP contribution >= 0.6 is 0 Å². The van der Waals surface area contributed by atoms with Crippen LogP contribution in [0, 0.1) is 0 Å². The van der Waals surface area contributed by atoms with Gasteiger partial charge >= 0.3 is 5.97 Å². The van der Waals surface area contributed by atoms with Crippen molar-refractivity contribution in [2.45, 2.75) is 6.54 Å². The van der Waals surface area contributed by atoms with Gasteiger partial charge in [0.1, 0.15) is 12.3 Å². The minimum absolute atomic E-state index is 0.153. The maximum Gasteiger partial charge on any atom is 0.325 e. The van der Waals surface area contributed by atoms with Crippen molar-refractivity contribution in [3.8, 4) is 28.3 Å². The summed E-state index contributed by atoms with van der Waals surface area (Å²) in [5.41, 5.74) is 3.95. The van der Waals surface area contributed by atoms with E-state index in [4.69, 9.17) is 9.47 Å². The Morgan fingerprint density at radius 1 is 0.875 bits per heavy atom. The molecule has 4 heteroatoms. The molecule has 0 saturated carbocycles. The van der Waals surface area contributed by atoms with Crippen LogP contribution < -0.4 is 4.74 Å². The van der Waals surface area contributed by atoms with E-state index in [0.29, 0.717) is 0 Å². The average molecular weight is 321 g/mol. The maximum atomic E-state index is 11.9. The molecule has 0 atom stereocenters. The topological polar surface area (TPSA) is 40.5 Å². The van der Waals surface area contributed by atoms with E-state index in [1.165, 1.54) is 7.11 Å². The van der Waals surface area contributed by atoms with E-state index in [1.807, 2.05) is 71.3 Å². The molecule has 0 aliphatic rings. The van der Waals surface area contributed by atoms with Gasteiger partial charge in [0.15, 0.2) is 0 Å². The highest BCUT2D eigenvalue weighted by molar-refractivity contribution is 5.76. The summed E-state index contributed by atoms with van der Waals surface area (Å²) in [5, 5.41) is 0. The predicted octanol–water partition coefficient (Wildman–Crippen LogP) is 4.00. The van der Waals surface area contributed by atoms with Crippen LogP contribution in [0.5, 0.6) is 5.75 Å². The van der Waals surface area contributed by atoms with E-state index in [-0.39, 0.29) is 12.5 Å². The fourth-order valence-corrected chi connectivity index (χ4v) is 2.73. The smallest absolute Gasteiger partial charge is 0.325 e. The zero-order valence-electron chi connectivity index (χ0n) is 13.7. The fourth-order valence-electron chi connectivity index (χ4n) is 2.73. The molecule has 2 aromatic carbocycles. The zero-order valence-corrected chi connectivity index (χ0v) is 13.7. The van der Waals surface area contributed by atoms with Gasteiger partial charge in [0, 0.05) is 17.0 Å². The molecular formula is C20H19NO3. The van der Waals surface area contributed by atoms with Crippen LogP contribution in [0.1, 0.15) is 0 Å². The Balaban J connectivity index is 2.12. The lowest BCUT2D eigenvalue weighted by Gasteiger charge is -2.13. The number of methoxy groups -OCH3 is 2. The predicted molar refractivity (Wildman–Crippen MR) is 93.9 cm³/mol. The quantitative estimate of drug-likeness (QED) is 0.667. The molecule has 0 bridgehead atoms. The summed E-state index contributed by atoms with van der Waals surface area (Å²) in [7, 11) is 3.04. The van der Waals surface area contributed by atoms with Crippen LogP contribution in [0.2, 0.25) is 0 Å². The van der Waals surface area contributed by atoms with Crippen molar-refractivity contribution in [3.05, 3.63) is 66.7 Å². The third kappa shape index (κ3) is 3.18. The fraction of sp³-hybridized carbons (Fsp3) is 0.150. The van der Waals surface area contributed by atoms with E-state index in [0.717, 1.165) is 28.3 Å². The Kier molecular flexibility index (Phi) is 4.66. The number of hydrogen-bond acceptors (Lipinski definition) is 3. The molecule has 0 radical (unpaired) electrons. The highest BCUT2D eigenvalue weighted by Gasteiger charge is 2.15. The van der Waals surface area contributed by atoms with Gasteiger partial charge in [0.2, 0.25) is 0 Å². The van der Waals surface area contributed by atoms with Crippen molar-refractivity contribution in [1.82, 2.24) is 4.57 Å². The highest BCUT2D eigenvalue weighted by atomic mass is 16.5. The summed E-state index contributed by atoms with van der Waals surface area (Å²) >= 11 is 0. The van der Waals surface area contributed by atoms with Gasteiger partial charge in [0.25, 0.3) is 0 Å². The Morgan fingerprint density at radius 2 is 1.54 bits per heavy atom. The summed E-state index contributed by atoms with van der Waals surface area (Å²) in [6.45, 7) is 0.153. The third-order valence-electron chi connectivity index (χ3n) is 3.93. The number of hydrogen-bond donors (Lipinski definition) is 0. The lowest BCUT2D eigenvalue weighted by molar-refractivity contribution is -0.141. The van der Waals surface area contributed by atoms with E-state index < -0.39 is 0 Å². The lowest BCUT2D eigenvalue weighted by Crippen LogP contribution is -2.13. The van der Waals surface area contributed by atoms with Gasteiger partial charge < -0.3 is 14.0 Å². The number of carbonyl (C=O) groups excluding carboxylic acids is 1. The van der Waals surface area contributed by atoms with Crippen LogP contribution in [0.15, 0.2) is 66.7 Å². The van der Waals surface area contributed by atoms with E-state index in [2.05, 4.69) is 0 Å². The number of rotatable bonds is 5. The molecule has 1 aromatic heterocycles. The molecule has 3 aromatic rings. The molecule has 0 aliphatic heterocycles. The molecule has 0 spiro atoms. The van der Waals surface area contributed by atoms with E-state index >= 15 is 0 Å². The van der Waals surface area contributed by atoms with Gasteiger partial charge in [-0.15, -0.1) is 0 Å². The lowest BCUT2D eigenvalue weighted by atomic mass is 10.1. The number of nitrogens with zero attached hydrogens (tertiary/aromatic N) is 1. The standard InChI is InChI=1S/C20H19NO3/c1-23-17-10-6-9-16(13-17)19-12-11-18(15-7-4-3-5-8-15)21(19)14-20(22)24-2/h3-13H,14H2,1-2H3. The minimum Gasteiger partial charge on any atom is -0.497 e. The largest absolute Gasteiger partial charge is 0.497 e. The van der Waals surface area contributed by atoms with Crippen molar-refractivity contribution in [2.75, 3.05) is 14.2 Å². The highest BCUT2D eigenvalue weighted by Crippen LogP contribution is 2.30. The molecule has 24 heavy (non-hydrogen) atoms. The second kappa shape index (κ2) is 7.04. The molecular weight excluding hydrogens is 302 g/mol. The molecule has 0 aliphatic carbocycles. The van der Waals surface area contributed by atoms with Gasteiger partial charge in [-0.05, 0) is 29.8 Å². The number of ether oxygens (including phenoxy) is 2. The molecule has 0 unspecified atom stereocenters. The molecule has 4 nitrogen and oxygen atoms in total. The monoisotopic (exact) mass is 321 g/mol. The van der Waals surface area contributed by atoms with Crippen LogP contribution in [-0.4, -0.2) is 24.8 Å². The van der Waals surface area contributed by atoms with Crippen molar-refractivity contribution in [3.63, 3.8) is 0 Å². The van der Waals surface area contributed by atoms with Crippen molar-refractivity contribution < 1.29 is 14.3 Å². The van der Waals surface area contributed by atoms with Crippen LogP contribution in [0.25, 0.3) is 22.5 Å². The summed E-state index contributed by atoms with van der Waals surface area (Å²) in [6, 6.07) is 21.8. The average Bonchev–Trinajstić information content (AvgIpc) is 3.05. The van der Waals surface area contributed by atoms with Crippen molar-refractivity contribution >= 4 is 5.97 Å². The molecule has 0 amide bonds. The van der Waals surface area contributed by atoms with Gasteiger partial charge in [-0.25, -0.2) is 0 Å². The minimum atomic E-state index is -0.285. The molecule has 0 N–H and O–H groups in total. The Morgan fingerprint density at radius 3 is 2.21 bits per heavy atom. The van der Waals surface area contributed by atoms with E-state index in [9.17, 15) is 4.79 Å². The van der Waals surface area contributed by atoms with Crippen molar-refractivity contribution in [2.24, 2.45) is 0 Å². The first kappa shape index (κ1) is 15.9.